The van der Waals surface area contributed by atoms with E-state index in [-0.39, 0.29) is 11.4 Å². The monoisotopic (exact) mass is 295 g/mol. The maximum Gasteiger partial charge on any atom is 0.341 e. The van der Waals surface area contributed by atoms with Crippen LogP contribution in [-0.4, -0.2) is 21.0 Å². The standard InChI is InChI=1S/C12H10ClN3O2S/c13-8-3-1-2-4-9(8)19-6-10-15-5-7(12(17)18)11(14)16-10/h1-5H,6H2,(H,17,18)(H2,14,15,16). The van der Waals surface area contributed by atoms with E-state index in [1.165, 1.54) is 18.0 Å². The van der Waals surface area contributed by atoms with E-state index in [1.807, 2.05) is 18.2 Å². The molecule has 0 atom stereocenters. The first kappa shape index (κ1) is 13.6. The van der Waals surface area contributed by atoms with Crippen molar-refractivity contribution in [1.29, 1.82) is 0 Å². The number of carbonyl (C=O) groups is 1. The van der Waals surface area contributed by atoms with Gasteiger partial charge in [-0.3, -0.25) is 0 Å². The van der Waals surface area contributed by atoms with Gasteiger partial charge in [-0.15, -0.1) is 11.8 Å². The van der Waals surface area contributed by atoms with Crippen LogP contribution in [0.1, 0.15) is 16.2 Å². The third-order valence-corrected chi connectivity index (χ3v) is 3.80. The number of nitrogens with zero attached hydrogens (tertiary/aromatic N) is 2. The lowest BCUT2D eigenvalue weighted by atomic mass is 10.3. The van der Waals surface area contributed by atoms with Crippen molar-refractivity contribution < 1.29 is 9.90 Å². The van der Waals surface area contributed by atoms with E-state index in [4.69, 9.17) is 22.4 Å². The van der Waals surface area contributed by atoms with Gasteiger partial charge in [0.25, 0.3) is 0 Å². The highest BCUT2D eigenvalue weighted by molar-refractivity contribution is 7.98. The average Bonchev–Trinajstić information content (AvgIpc) is 2.37. The number of carboxylic acids is 1. The highest BCUT2D eigenvalue weighted by Crippen LogP contribution is 2.28. The molecule has 0 aliphatic carbocycles. The average molecular weight is 296 g/mol. The fourth-order valence-electron chi connectivity index (χ4n) is 1.37. The minimum absolute atomic E-state index is 0.0303. The molecule has 0 radical (unpaired) electrons. The molecule has 0 fully saturated rings. The molecule has 0 saturated carbocycles. The predicted molar refractivity (Wildman–Crippen MR) is 74.4 cm³/mol. The summed E-state index contributed by atoms with van der Waals surface area (Å²) in [6.45, 7) is 0. The van der Waals surface area contributed by atoms with Crippen LogP contribution in [-0.2, 0) is 5.75 Å². The fourth-order valence-corrected chi connectivity index (χ4v) is 2.48. The molecule has 0 aliphatic rings. The Morgan fingerprint density at radius 3 is 2.79 bits per heavy atom. The SMILES string of the molecule is Nc1nc(CSc2ccccc2Cl)ncc1C(=O)O. The molecule has 98 valence electrons. The predicted octanol–water partition coefficient (Wildman–Crippen LogP) is 2.70. The molecule has 2 rings (SSSR count). The van der Waals surface area contributed by atoms with Crippen molar-refractivity contribution in [3.05, 3.63) is 46.9 Å². The quantitative estimate of drug-likeness (QED) is 0.843. The van der Waals surface area contributed by atoms with Crippen molar-refractivity contribution >= 4 is 35.1 Å². The summed E-state index contributed by atoms with van der Waals surface area (Å²) in [4.78, 5) is 19.6. The first-order chi connectivity index (χ1) is 9.08. The molecule has 1 heterocycles. The molecule has 1 aromatic heterocycles. The zero-order valence-corrected chi connectivity index (χ0v) is 11.3. The van der Waals surface area contributed by atoms with E-state index in [9.17, 15) is 4.79 Å². The number of aromatic carboxylic acids is 1. The number of nitrogen functional groups attached to an aromatic ring is 1. The van der Waals surface area contributed by atoms with Gasteiger partial charge >= 0.3 is 5.97 Å². The number of carboxylic acid groups (broad SMARTS) is 1. The van der Waals surface area contributed by atoms with Crippen LogP contribution in [0.5, 0.6) is 0 Å². The number of hydrogen-bond acceptors (Lipinski definition) is 5. The molecule has 0 spiro atoms. The summed E-state index contributed by atoms with van der Waals surface area (Å²) < 4.78 is 0. The minimum Gasteiger partial charge on any atom is -0.477 e. The molecule has 1 aromatic carbocycles. The maximum atomic E-state index is 10.8. The summed E-state index contributed by atoms with van der Waals surface area (Å²) in [6.07, 6.45) is 1.22. The van der Waals surface area contributed by atoms with Gasteiger partial charge in [0.1, 0.15) is 17.2 Å². The van der Waals surface area contributed by atoms with E-state index in [2.05, 4.69) is 9.97 Å². The Kier molecular flexibility index (Phi) is 4.24. The molecule has 7 heteroatoms. The first-order valence-corrected chi connectivity index (χ1v) is 6.66. The normalized spacial score (nSPS) is 10.4. The van der Waals surface area contributed by atoms with E-state index in [0.717, 1.165) is 4.90 Å². The highest BCUT2D eigenvalue weighted by Gasteiger charge is 2.11. The molecule has 0 amide bonds. The number of nitrogens with two attached hydrogens (primary N) is 1. The van der Waals surface area contributed by atoms with Gasteiger partial charge in [0.2, 0.25) is 0 Å². The highest BCUT2D eigenvalue weighted by atomic mass is 35.5. The van der Waals surface area contributed by atoms with Crippen LogP contribution in [0.25, 0.3) is 0 Å². The van der Waals surface area contributed by atoms with Crippen molar-refractivity contribution in [3.8, 4) is 0 Å². The van der Waals surface area contributed by atoms with Crippen LogP contribution in [0.3, 0.4) is 0 Å². The zero-order valence-electron chi connectivity index (χ0n) is 9.71. The number of halogens is 1. The summed E-state index contributed by atoms with van der Waals surface area (Å²) in [5, 5.41) is 9.47. The second kappa shape index (κ2) is 5.90. The number of benzene rings is 1. The summed E-state index contributed by atoms with van der Waals surface area (Å²) in [6, 6.07) is 7.42. The molecule has 0 bridgehead atoms. The Morgan fingerprint density at radius 2 is 2.16 bits per heavy atom. The van der Waals surface area contributed by atoms with Crippen LogP contribution in [0.2, 0.25) is 5.02 Å². The number of thioether (sulfide) groups is 1. The number of rotatable bonds is 4. The molecular weight excluding hydrogens is 286 g/mol. The fraction of sp³-hybridized carbons (Fsp3) is 0.0833. The van der Waals surface area contributed by atoms with Crippen LogP contribution in [0.15, 0.2) is 35.4 Å². The molecule has 0 unspecified atom stereocenters. The van der Waals surface area contributed by atoms with E-state index >= 15 is 0 Å². The van der Waals surface area contributed by atoms with E-state index < -0.39 is 5.97 Å². The Labute approximate surface area is 118 Å². The number of aromatic nitrogens is 2. The van der Waals surface area contributed by atoms with Gasteiger partial charge in [0.15, 0.2) is 0 Å². The van der Waals surface area contributed by atoms with Crippen molar-refractivity contribution in [3.63, 3.8) is 0 Å². The molecular formula is C12H10ClN3O2S. The van der Waals surface area contributed by atoms with Crippen molar-refractivity contribution in [1.82, 2.24) is 9.97 Å². The lowest BCUT2D eigenvalue weighted by Gasteiger charge is -2.05. The zero-order chi connectivity index (χ0) is 13.8. The Hall–Kier alpha value is -1.79. The Bertz CT molecular complexity index is 622. The summed E-state index contributed by atoms with van der Waals surface area (Å²) >= 11 is 7.49. The van der Waals surface area contributed by atoms with E-state index in [1.54, 1.807) is 6.07 Å². The summed E-state index contributed by atoms with van der Waals surface area (Å²) in [7, 11) is 0. The van der Waals surface area contributed by atoms with Crippen LogP contribution >= 0.6 is 23.4 Å². The largest absolute Gasteiger partial charge is 0.477 e. The summed E-state index contributed by atoms with van der Waals surface area (Å²) in [5.74, 6) is -0.235. The smallest absolute Gasteiger partial charge is 0.341 e. The maximum absolute atomic E-state index is 10.8. The molecule has 0 aliphatic heterocycles. The van der Waals surface area contributed by atoms with Gasteiger partial charge < -0.3 is 10.8 Å². The molecule has 0 saturated heterocycles. The lowest BCUT2D eigenvalue weighted by Crippen LogP contribution is -2.07. The van der Waals surface area contributed by atoms with Gasteiger partial charge in [-0.05, 0) is 12.1 Å². The van der Waals surface area contributed by atoms with Gasteiger partial charge in [-0.25, -0.2) is 14.8 Å². The molecule has 2 aromatic rings. The van der Waals surface area contributed by atoms with Crippen molar-refractivity contribution in [2.45, 2.75) is 10.6 Å². The molecule has 19 heavy (non-hydrogen) atoms. The third kappa shape index (κ3) is 3.36. The van der Waals surface area contributed by atoms with Gasteiger partial charge in [-0.1, -0.05) is 23.7 Å². The number of hydrogen-bond donors (Lipinski definition) is 2. The van der Waals surface area contributed by atoms with Crippen LogP contribution in [0, 0.1) is 0 Å². The van der Waals surface area contributed by atoms with Gasteiger partial charge in [-0.2, -0.15) is 0 Å². The number of anilines is 1. The second-order valence-electron chi connectivity index (χ2n) is 3.61. The van der Waals surface area contributed by atoms with Gasteiger partial charge in [0.05, 0.1) is 10.8 Å². The van der Waals surface area contributed by atoms with Crippen molar-refractivity contribution in [2.24, 2.45) is 0 Å². The van der Waals surface area contributed by atoms with E-state index in [0.29, 0.717) is 16.6 Å². The minimum atomic E-state index is -1.14. The van der Waals surface area contributed by atoms with Crippen molar-refractivity contribution in [2.75, 3.05) is 5.73 Å². The summed E-state index contributed by atoms with van der Waals surface area (Å²) in [5.41, 5.74) is 5.46. The Balaban J connectivity index is 2.11. The topological polar surface area (TPSA) is 89.1 Å². The molecule has 3 N–H and O–H groups in total. The van der Waals surface area contributed by atoms with Crippen LogP contribution < -0.4 is 5.73 Å². The Morgan fingerprint density at radius 1 is 1.42 bits per heavy atom. The first-order valence-electron chi connectivity index (χ1n) is 5.30. The van der Waals surface area contributed by atoms with Crippen LogP contribution in [0.4, 0.5) is 5.82 Å². The van der Waals surface area contributed by atoms with Gasteiger partial charge in [0, 0.05) is 11.1 Å². The lowest BCUT2D eigenvalue weighted by molar-refractivity contribution is 0.0697. The molecule has 5 nitrogen and oxygen atoms in total. The second-order valence-corrected chi connectivity index (χ2v) is 5.03. The third-order valence-electron chi connectivity index (χ3n) is 2.29.